The molecule has 2 rings (SSSR count). The van der Waals surface area contributed by atoms with E-state index in [0.717, 1.165) is 0 Å². The molecule has 0 aliphatic carbocycles. The Hall–Kier alpha value is -2.13. The van der Waals surface area contributed by atoms with Crippen molar-refractivity contribution in [3.63, 3.8) is 0 Å². The van der Waals surface area contributed by atoms with Crippen LogP contribution in [0, 0.1) is 6.92 Å². The zero-order chi connectivity index (χ0) is 15.6. The molecule has 2 heterocycles. The lowest BCUT2D eigenvalue weighted by Crippen LogP contribution is -2.18. The molecular formula is C12H12F3N3O3. The molecule has 9 heteroatoms. The topological polar surface area (TPSA) is 91.4 Å². The zero-order valence-electron chi connectivity index (χ0n) is 10.8. The molecule has 0 fully saturated rings. The van der Waals surface area contributed by atoms with Crippen LogP contribution in [0.5, 0.6) is 0 Å². The molecule has 0 aliphatic heterocycles. The van der Waals surface area contributed by atoms with E-state index in [-0.39, 0.29) is 23.6 Å². The number of aromatic nitrogens is 2. The predicted molar refractivity (Wildman–Crippen MR) is 65.0 cm³/mol. The molecule has 2 aromatic heterocycles. The molecule has 0 spiro atoms. The lowest BCUT2D eigenvalue weighted by Gasteiger charge is -2.16. The second kappa shape index (κ2) is 5.70. The van der Waals surface area contributed by atoms with E-state index in [1.165, 1.54) is 13.2 Å². The second-order valence-corrected chi connectivity index (χ2v) is 4.20. The first-order chi connectivity index (χ1) is 9.79. The van der Waals surface area contributed by atoms with E-state index in [1.54, 1.807) is 12.1 Å². The Morgan fingerprint density at radius 1 is 1.33 bits per heavy atom. The number of aliphatic hydroxyl groups excluding tert-OH is 1. The highest BCUT2D eigenvalue weighted by molar-refractivity contribution is 5.47. The van der Waals surface area contributed by atoms with Crippen LogP contribution < -0.4 is 5.32 Å². The van der Waals surface area contributed by atoms with Crippen molar-refractivity contribution in [2.75, 3.05) is 5.32 Å². The van der Waals surface area contributed by atoms with Crippen molar-refractivity contribution in [1.29, 1.82) is 0 Å². The Balaban J connectivity index is 2.37. The number of nitrogens with one attached hydrogen (secondary N) is 1. The normalized spacial score (nSPS) is 12.0. The van der Waals surface area contributed by atoms with Gasteiger partial charge in [0.15, 0.2) is 6.29 Å². The van der Waals surface area contributed by atoms with E-state index in [9.17, 15) is 23.4 Å². The summed E-state index contributed by atoms with van der Waals surface area (Å²) in [4.78, 5) is 6.57. The summed E-state index contributed by atoms with van der Waals surface area (Å²) in [5, 5.41) is 21.1. The van der Waals surface area contributed by atoms with E-state index < -0.39 is 18.3 Å². The Labute approximate surface area is 117 Å². The number of hydrogen-bond donors (Lipinski definition) is 3. The van der Waals surface area contributed by atoms with Crippen molar-refractivity contribution in [2.24, 2.45) is 0 Å². The highest BCUT2D eigenvalue weighted by atomic mass is 19.4. The van der Waals surface area contributed by atoms with Crippen LogP contribution in [0.2, 0.25) is 0 Å². The van der Waals surface area contributed by atoms with Gasteiger partial charge in [-0.2, -0.15) is 13.2 Å². The molecule has 0 saturated heterocycles. The summed E-state index contributed by atoms with van der Waals surface area (Å²) in [6, 6.07) is 3.23. The fourth-order valence-electron chi connectivity index (χ4n) is 1.74. The largest absolute Gasteiger partial charge is 0.467 e. The third-order valence-electron chi connectivity index (χ3n) is 2.66. The first kappa shape index (κ1) is 15.3. The van der Waals surface area contributed by atoms with Gasteiger partial charge in [0.2, 0.25) is 5.82 Å². The van der Waals surface area contributed by atoms with Crippen molar-refractivity contribution < 1.29 is 27.8 Å². The molecule has 0 aliphatic rings. The van der Waals surface area contributed by atoms with Crippen LogP contribution in [0.1, 0.15) is 29.1 Å². The van der Waals surface area contributed by atoms with Crippen molar-refractivity contribution >= 4 is 5.82 Å². The molecule has 6 nitrogen and oxygen atoms in total. The van der Waals surface area contributed by atoms with Gasteiger partial charge in [-0.3, -0.25) is 0 Å². The van der Waals surface area contributed by atoms with Crippen LogP contribution >= 0.6 is 0 Å². The molecule has 114 valence electrons. The first-order valence-electron chi connectivity index (χ1n) is 5.87. The summed E-state index contributed by atoms with van der Waals surface area (Å²) < 4.78 is 43.1. The number of anilines is 1. The van der Waals surface area contributed by atoms with Gasteiger partial charge in [-0.15, -0.1) is 0 Å². The van der Waals surface area contributed by atoms with Gasteiger partial charge in [-0.1, -0.05) is 0 Å². The van der Waals surface area contributed by atoms with E-state index >= 15 is 0 Å². The lowest BCUT2D eigenvalue weighted by atomic mass is 10.2. The average Bonchev–Trinajstić information content (AvgIpc) is 2.87. The molecule has 0 radical (unpaired) electrons. The summed E-state index contributed by atoms with van der Waals surface area (Å²) in [6.45, 7) is 1.28. The van der Waals surface area contributed by atoms with Crippen LogP contribution in [-0.2, 0) is 12.7 Å². The van der Waals surface area contributed by atoms with Gasteiger partial charge in [0.05, 0.1) is 24.1 Å². The van der Waals surface area contributed by atoms with E-state index in [4.69, 9.17) is 4.42 Å². The predicted octanol–water partition coefficient (Wildman–Crippen LogP) is 1.99. The number of alkyl halides is 3. The first-order valence-corrected chi connectivity index (χ1v) is 5.87. The summed E-state index contributed by atoms with van der Waals surface area (Å²) in [5.74, 6) is -1.20. The van der Waals surface area contributed by atoms with E-state index in [2.05, 4.69) is 15.3 Å². The molecule has 0 atom stereocenters. The smallest absolute Gasteiger partial charge is 0.451 e. The van der Waals surface area contributed by atoms with Crippen LogP contribution in [0.3, 0.4) is 0 Å². The minimum atomic E-state index is -4.73. The molecule has 2 aromatic rings. The van der Waals surface area contributed by atoms with E-state index in [1.807, 2.05) is 0 Å². The van der Waals surface area contributed by atoms with Crippen LogP contribution in [0.25, 0.3) is 0 Å². The fraction of sp³-hybridized carbons (Fsp3) is 0.333. The zero-order valence-corrected chi connectivity index (χ0v) is 10.8. The van der Waals surface area contributed by atoms with Gasteiger partial charge >= 0.3 is 6.18 Å². The summed E-state index contributed by atoms with van der Waals surface area (Å²) in [7, 11) is 0. The number of rotatable bonds is 4. The Kier molecular flexibility index (Phi) is 4.14. The molecule has 0 unspecified atom stereocenters. The van der Waals surface area contributed by atoms with Gasteiger partial charge in [0, 0.05) is 0 Å². The number of aryl methyl sites for hydroxylation is 1. The average molecular weight is 303 g/mol. The Morgan fingerprint density at radius 3 is 2.57 bits per heavy atom. The second-order valence-electron chi connectivity index (χ2n) is 4.20. The molecular weight excluding hydrogens is 291 g/mol. The fourth-order valence-corrected chi connectivity index (χ4v) is 1.74. The lowest BCUT2D eigenvalue weighted by molar-refractivity contribution is -0.145. The van der Waals surface area contributed by atoms with Gasteiger partial charge in [0.25, 0.3) is 0 Å². The number of furan rings is 1. The highest BCUT2D eigenvalue weighted by Gasteiger charge is 2.36. The molecule has 0 bridgehead atoms. The molecule has 0 saturated carbocycles. The highest BCUT2D eigenvalue weighted by Crippen LogP contribution is 2.30. The summed E-state index contributed by atoms with van der Waals surface area (Å²) in [5.41, 5.74) is -0.385. The number of hydrogen-bond acceptors (Lipinski definition) is 6. The number of halogens is 3. The molecule has 3 N–H and O–H groups in total. The van der Waals surface area contributed by atoms with Crippen LogP contribution in [-0.4, -0.2) is 20.2 Å². The standard InChI is InChI=1S/C12H12F3N3O3/c1-6-8(10(19)20)9(16-5-7-3-2-4-21-7)18-11(17-6)12(13,14)15/h2-4,10,19-20H,5H2,1H3,(H,16,17,18). The van der Waals surface area contributed by atoms with Crippen molar-refractivity contribution in [3.8, 4) is 0 Å². The summed E-state index contributed by atoms with van der Waals surface area (Å²) in [6.07, 6.45) is -5.32. The van der Waals surface area contributed by atoms with Crippen molar-refractivity contribution in [1.82, 2.24) is 9.97 Å². The minimum absolute atomic E-state index is 0.0421. The van der Waals surface area contributed by atoms with Crippen LogP contribution in [0.4, 0.5) is 19.0 Å². The number of nitrogens with zero attached hydrogens (tertiary/aromatic N) is 2. The maximum Gasteiger partial charge on any atom is 0.451 e. The van der Waals surface area contributed by atoms with Gasteiger partial charge in [-0.25, -0.2) is 9.97 Å². The van der Waals surface area contributed by atoms with Gasteiger partial charge in [0.1, 0.15) is 11.6 Å². The molecule has 0 amide bonds. The monoisotopic (exact) mass is 303 g/mol. The van der Waals surface area contributed by atoms with Crippen LogP contribution in [0.15, 0.2) is 22.8 Å². The Bertz CT molecular complexity index is 612. The summed E-state index contributed by atoms with van der Waals surface area (Å²) >= 11 is 0. The SMILES string of the molecule is Cc1nc(C(F)(F)F)nc(NCc2ccco2)c1C(O)O. The minimum Gasteiger partial charge on any atom is -0.467 e. The number of aliphatic hydroxyl groups is 2. The van der Waals surface area contributed by atoms with Gasteiger partial charge in [-0.05, 0) is 19.1 Å². The van der Waals surface area contributed by atoms with E-state index in [0.29, 0.717) is 5.76 Å². The maximum atomic E-state index is 12.7. The Morgan fingerprint density at radius 2 is 2.05 bits per heavy atom. The molecule has 21 heavy (non-hydrogen) atoms. The van der Waals surface area contributed by atoms with Crippen molar-refractivity contribution in [3.05, 3.63) is 41.2 Å². The quantitative estimate of drug-likeness (QED) is 0.748. The van der Waals surface area contributed by atoms with Gasteiger partial charge < -0.3 is 19.9 Å². The van der Waals surface area contributed by atoms with Crippen molar-refractivity contribution in [2.45, 2.75) is 25.9 Å². The maximum absolute atomic E-state index is 12.7. The third-order valence-corrected chi connectivity index (χ3v) is 2.66. The molecule has 0 aromatic carbocycles. The third kappa shape index (κ3) is 3.50.